The lowest BCUT2D eigenvalue weighted by Gasteiger charge is -2.24. The molecule has 1 N–H and O–H groups in total. The highest BCUT2D eigenvalue weighted by molar-refractivity contribution is 7.10. The first-order valence-corrected chi connectivity index (χ1v) is 8.34. The Morgan fingerprint density at radius 1 is 1.24 bits per heavy atom. The number of nitrogens with zero attached hydrogens (tertiary/aromatic N) is 1. The summed E-state index contributed by atoms with van der Waals surface area (Å²) in [6.07, 6.45) is 3.05. The van der Waals surface area contributed by atoms with Crippen LogP contribution in [0.25, 0.3) is 0 Å². The molecule has 1 aromatic carbocycles. The minimum absolute atomic E-state index is 0.0711. The average Bonchev–Trinajstić information content (AvgIpc) is 3.19. The van der Waals surface area contributed by atoms with E-state index in [1.807, 2.05) is 23.1 Å². The molecular weight excluding hydrogens is 280 g/mol. The van der Waals surface area contributed by atoms with Crippen LogP contribution in [0.1, 0.15) is 29.3 Å². The second kappa shape index (κ2) is 6.76. The summed E-state index contributed by atoms with van der Waals surface area (Å²) in [6, 6.07) is 14.8. The summed E-state index contributed by atoms with van der Waals surface area (Å²) in [6.45, 7) is 1.55. The fraction of sp³-hybridized carbons (Fsp3) is 0.353. The largest absolute Gasteiger partial charge is 0.338 e. The van der Waals surface area contributed by atoms with Gasteiger partial charge in [-0.05, 0) is 36.3 Å². The van der Waals surface area contributed by atoms with Crippen molar-refractivity contribution < 1.29 is 4.79 Å². The maximum absolute atomic E-state index is 12.4. The molecule has 0 radical (unpaired) electrons. The van der Waals surface area contributed by atoms with Gasteiger partial charge in [0.1, 0.15) is 0 Å². The van der Waals surface area contributed by atoms with E-state index in [0.717, 1.165) is 25.8 Å². The molecule has 3 rings (SSSR count). The summed E-state index contributed by atoms with van der Waals surface area (Å²) in [5.74, 6) is 0. The van der Waals surface area contributed by atoms with Crippen molar-refractivity contribution in [1.29, 1.82) is 0 Å². The zero-order chi connectivity index (χ0) is 14.5. The van der Waals surface area contributed by atoms with Gasteiger partial charge in [-0.25, -0.2) is 4.79 Å². The van der Waals surface area contributed by atoms with Crippen LogP contribution in [0.15, 0.2) is 47.8 Å². The van der Waals surface area contributed by atoms with Crippen LogP contribution in [0.2, 0.25) is 0 Å². The number of likely N-dealkylation sites (tertiary alicyclic amines) is 1. The number of benzene rings is 1. The van der Waals surface area contributed by atoms with Crippen molar-refractivity contribution >= 4 is 17.4 Å². The highest BCUT2D eigenvalue weighted by atomic mass is 32.1. The second-order valence-corrected chi connectivity index (χ2v) is 6.31. The van der Waals surface area contributed by atoms with Crippen LogP contribution < -0.4 is 5.32 Å². The Morgan fingerprint density at radius 2 is 2.10 bits per heavy atom. The number of hydrogen-bond donors (Lipinski definition) is 1. The molecular formula is C17H20N2OS. The van der Waals surface area contributed by atoms with E-state index >= 15 is 0 Å². The first-order chi connectivity index (χ1) is 10.3. The van der Waals surface area contributed by atoms with Gasteiger partial charge in [-0.15, -0.1) is 11.3 Å². The predicted octanol–water partition coefficient (Wildman–Crippen LogP) is 3.84. The van der Waals surface area contributed by atoms with E-state index in [-0.39, 0.29) is 12.1 Å². The average molecular weight is 300 g/mol. The Morgan fingerprint density at radius 3 is 2.86 bits per heavy atom. The molecule has 1 aliphatic heterocycles. The summed E-state index contributed by atoms with van der Waals surface area (Å²) in [4.78, 5) is 15.6. The third-order valence-corrected chi connectivity index (χ3v) is 4.89. The summed E-state index contributed by atoms with van der Waals surface area (Å²) in [5, 5.41) is 5.14. The third-order valence-electron chi connectivity index (χ3n) is 3.92. The fourth-order valence-corrected chi connectivity index (χ4v) is 3.72. The Balaban J connectivity index is 1.53. The molecule has 0 bridgehead atoms. The first kappa shape index (κ1) is 14.1. The van der Waals surface area contributed by atoms with E-state index in [4.69, 9.17) is 0 Å². The number of rotatable bonds is 4. The normalized spacial score (nSPS) is 17.9. The number of hydrogen-bond acceptors (Lipinski definition) is 2. The summed E-state index contributed by atoms with van der Waals surface area (Å²) in [7, 11) is 0. The standard InChI is InChI=1S/C17H20N2OS/c20-17(18-11-10-14-6-2-1-3-7-14)19-12-4-8-15(19)16-9-5-13-21-16/h1-3,5-7,9,13,15H,4,8,10-12H2,(H,18,20)/t15-/m1/s1. The summed E-state index contributed by atoms with van der Waals surface area (Å²) >= 11 is 1.74. The van der Waals surface area contributed by atoms with E-state index in [1.165, 1.54) is 10.4 Å². The van der Waals surface area contributed by atoms with Crippen LogP contribution in [0.3, 0.4) is 0 Å². The first-order valence-electron chi connectivity index (χ1n) is 7.46. The number of urea groups is 1. The van der Waals surface area contributed by atoms with Gasteiger partial charge in [0.2, 0.25) is 0 Å². The molecule has 4 heteroatoms. The van der Waals surface area contributed by atoms with Gasteiger partial charge in [-0.1, -0.05) is 36.4 Å². The predicted molar refractivity (Wildman–Crippen MR) is 86.5 cm³/mol. The molecule has 2 aromatic rings. The van der Waals surface area contributed by atoms with Crippen LogP contribution in [0, 0.1) is 0 Å². The molecule has 1 atom stereocenters. The van der Waals surface area contributed by atoms with Gasteiger partial charge in [0.05, 0.1) is 6.04 Å². The topological polar surface area (TPSA) is 32.3 Å². The van der Waals surface area contributed by atoms with Crippen molar-refractivity contribution in [2.45, 2.75) is 25.3 Å². The second-order valence-electron chi connectivity index (χ2n) is 5.33. The monoisotopic (exact) mass is 300 g/mol. The van der Waals surface area contributed by atoms with Crippen LogP contribution in [-0.4, -0.2) is 24.0 Å². The van der Waals surface area contributed by atoms with Gasteiger partial charge >= 0.3 is 6.03 Å². The molecule has 1 saturated heterocycles. The highest BCUT2D eigenvalue weighted by Crippen LogP contribution is 2.34. The van der Waals surface area contributed by atoms with Crippen molar-refractivity contribution in [3.63, 3.8) is 0 Å². The van der Waals surface area contributed by atoms with Crippen LogP contribution >= 0.6 is 11.3 Å². The van der Waals surface area contributed by atoms with E-state index in [1.54, 1.807) is 11.3 Å². The van der Waals surface area contributed by atoms with Gasteiger partial charge in [0.25, 0.3) is 0 Å². The van der Waals surface area contributed by atoms with Crippen LogP contribution in [0.4, 0.5) is 4.79 Å². The van der Waals surface area contributed by atoms with Crippen molar-refractivity contribution in [3.8, 4) is 0 Å². The molecule has 0 aliphatic carbocycles. The maximum Gasteiger partial charge on any atom is 0.317 e. The molecule has 0 spiro atoms. The zero-order valence-electron chi connectivity index (χ0n) is 12.0. The van der Waals surface area contributed by atoms with Crippen molar-refractivity contribution in [2.75, 3.05) is 13.1 Å². The molecule has 0 unspecified atom stereocenters. The Labute approximate surface area is 129 Å². The lowest BCUT2D eigenvalue weighted by atomic mass is 10.1. The Kier molecular flexibility index (Phi) is 4.55. The number of nitrogens with one attached hydrogen (secondary N) is 1. The van der Waals surface area contributed by atoms with E-state index in [2.05, 4.69) is 35.0 Å². The minimum atomic E-state index is 0.0711. The van der Waals surface area contributed by atoms with Gasteiger partial charge in [0, 0.05) is 18.0 Å². The summed E-state index contributed by atoms with van der Waals surface area (Å²) in [5.41, 5.74) is 1.26. The van der Waals surface area contributed by atoms with E-state index < -0.39 is 0 Å². The molecule has 110 valence electrons. The molecule has 1 aliphatic rings. The van der Waals surface area contributed by atoms with Crippen molar-refractivity contribution in [3.05, 3.63) is 58.3 Å². The van der Waals surface area contributed by atoms with Crippen molar-refractivity contribution in [1.82, 2.24) is 10.2 Å². The van der Waals surface area contributed by atoms with Gasteiger partial charge in [-0.2, -0.15) is 0 Å². The molecule has 1 fully saturated rings. The zero-order valence-corrected chi connectivity index (χ0v) is 12.8. The lowest BCUT2D eigenvalue weighted by molar-refractivity contribution is 0.194. The molecule has 1 aromatic heterocycles. The SMILES string of the molecule is O=C(NCCc1ccccc1)N1CCC[C@@H]1c1cccs1. The van der Waals surface area contributed by atoms with Gasteiger partial charge in [-0.3, -0.25) is 0 Å². The molecule has 0 saturated carbocycles. The van der Waals surface area contributed by atoms with E-state index in [9.17, 15) is 4.79 Å². The maximum atomic E-state index is 12.4. The molecule has 2 amide bonds. The number of amides is 2. The molecule has 21 heavy (non-hydrogen) atoms. The molecule has 2 heterocycles. The van der Waals surface area contributed by atoms with Gasteiger partial charge < -0.3 is 10.2 Å². The molecule has 3 nitrogen and oxygen atoms in total. The van der Waals surface area contributed by atoms with Crippen LogP contribution in [-0.2, 0) is 6.42 Å². The number of carbonyl (C=O) groups excluding carboxylic acids is 1. The van der Waals surface area contributed by atoms with E-state index in [0.29, 0.717) is 6.54 Å². The summed E-state index contributed by atoms with van der Waals surface area (Å²) < 4.78 is 0. The smallest absolute Gasteiger partial charge is 0.317 e. The van der Waals surface area contributed by atoms with Crippen molar-refractivity contribution in [2.24, 2.45) is 0 Å². The third kappa shape index (κ3) is 3.45. The Hall–Kier alpha value is -1.81. The lowest BCUT2D eigenvalue weighted by Crippen LogP contribution is -2.40. The van der Waals surface area contributed by atoms with Gasteiger partial charge in [0.15, 0.2) is 0 Å². The number of carbonyl (C=O) groups is 1. The Bertz CT molecular complexity index is 568. The number of thiophene rings is 1. The highest BCUT2D eigenvalue weighted by Gasteiger charge is 2.30. The minimum Gasteiger partial charge on any atom is -0.338 e. The fourth-order valence-electron chi connectivity index (χ4n) is 2.85. The van der Waals surface area contributed by atoms with Crippen LogP contribution in [0.5, 0.6) is 0 Å². The quantitative estimate of drug-likeness (QED) is 0.914.